The fourth-order valence-electron chi connectivity index (χ4n) is 1.39. The van der Waals surface area contributed by atoms with E-state index in [1.54, 1.807) is 13.8 Å². The van der Waals surface area contributed by atoms with Crippen molar-refractivity contribution in [1.29, 1.82) is 0 Å². The molecule has 1 N–H and O–H groups in total. The lowest BCUT2D eigenvalue weighted by molar-refractivity contribution is -0.125. The number of rotatable bonds is 4. The maximum absolute atomic E-state index is 11.4. The average Bonchev–Trinajstić information content (AvgIpc) is 2.22. The third kappa shape index (κ3) is 3.19. The van der Waals surface area contributed by atoms with Gasteiger partial charge < -0.3 is 4.90 Å². The SMILES string of the molecule is CCS(=O)(=O)CCN1CC(C)C(=O)NC1=O. The summed E-state index contributed by atoms with van der Waals surface area (Å²) in [6.45, 7) is 3.68. The number of nitrogens with zero attached hydrogens (tertiary/aromatic N) is 1. The van der Waals surface area contributed by atoms with Crippen molar-refractivity contribution in [2.24, 2.45) is 5.92 Å². The van der Waals surface area contributed by atoms with E-state index >= 15 is 0 Å². The number of amides is 3. The number of hydrogen-bond acceptors (Lipinski definition) is 4. The molecule has 1 fully saturated rings. The molecule has 0 aromatic rings. The summed E-state index contributed by atoms with van der Waals surface area (Å²) in [7, 11) is -3.08. The van der Waals surface area contributed by atoms with Crippen molar-refractivity contribution in [2.75, 3.05) is 24.6 Å². The van der Waals surface area contributed by atoms with Crippen LogP contribution >= 0.6 is 0 Å². The monoisotopic (exact) mass is 248 g/mol. The maximum Gasteiger partial charge on any atom is 0.324 e. The Morgan fingerprint density at radius 3 is 2.62 bits per heavy atom. The Labute approximate surface area is 94.9 Å². The third-order valence-corrected chi connectivity index (χ3v) is 4.26. The molecule has 0 bridgehead atoms. The molecule has 16 heavy (non-hydrogen) atoms. The van der Waals surface area contributed by atoms with Gasteiger partial charge in [0.15, 0.2) is 9.84 Å². The van der Waals surface area contributed by atoms with Gasteiger partial charge in [-0.25, -0.2) is 13.2 Å². The highest BCUT2D eigenvalue weighted by molar-refractivity contribution is 7.91. The minimum atomic E-state index is -3.08. The van der Waals surface area contributed by atoms with Crippen molar-refractivity contribution in [1.82, 2.24) is 10.2 Å². The van der Waals surface area contributed by atoms with Crippen molar-refractivity contribution in [3.63, 3.8) is 0 Å². The Morgan fingerprint density at radius 1 is 1.44 bits per heavy atom. The molecule has 0 aromatic carbocycles. The second-order valence-electron chi connectivity index (χ2n) is 3.88. The Bertz CT molecular complexity index is 390. The number of imide groups is 1. The molecular formula is C9H16N2O4S. The summed E-state index contributed by atoms with van der Waals surface area (Å²) >= 11 is 0. The topological polar surface area (TPSA) is 83.6 Å². The van der Waals surface area contributed by atoms with Gasteiger partial charge in [-0.1, -0.05) is 13.8 Å². The van der Waals surface area contributed by atoms with Crippen LogP contribution in [0.1, 0.15) is 13.8 Å². The predicted octanol–water partition coefficient (Wildman–Crippen LogP) is -0.391. The summed E-state index contributed by atoms with van der Waals surface area (Å²) in [6.07, 6.45) is 0. The van der Waals surface area contributed by atoms with Crippen molar-refractivity contribution in [3.8, 4) is 0 Å². The lowest BCUT2D eigenvalue weighted by Crippen LogP contribution is -2.54. The van der Waals surface area contributed by atoms with Crippen LogP contribution in [0.15, 0.2) is 0 Å². The zero-order valence-electron chi connectivity index (χ0n) is 9.39. The molecule has 7 heteroatoms. The van der Waals surface area contributed by atoms with Gasteiger partial charge >= 0.3 is 6.03 Å². The van der Waals surface area contributed by atoms with Crippen molar-refractivity contribution in [3.05, 3.63) is 0 Å². The van der Waals surface area contributed by atoms with Gasteiger partial charge in [-0.05, 0) is 0 Å². The van der Waals surface area contributed by atoms with E-state index in [9.17, 15) is 18.0 Å². The second-order valence-corrected chi connectivity index (χ2v) is 6.35. The van der Waals surface area contributed by atoms with Gasteiger partial charge in [0.25, 0.3) is 0 Å². The van der Waals surface area contributed by atoms with Crippen molar-refractivity contribution >= 4 is 21.8 Å². The van der Waals surface area contributed by atoms with Crippen LogP contribution in [0.5, 0.6) is 0 Å². The van der Waals surface area contributed by atoms with Crippen LogP contribution in [-0.2, 0) is 14.6 Å². The molecule has 1 rings (SSSR count). The summed E-state index contributed by atoms with van der Waals surface area (Å²) in [6, 6.07) is -0.505. The maximum atomic E-state index is 11.4. The normalized spacial score (nSPS) is 22.1. The van der Waals surface area contributed by atoms with Crippen LogP contribution in [0.3, 0.4) is 0 Å². The van der Waals surface area contributed by atoms with E-state index in [0.29, 0.717) is 0 Å². The molecule has 1 saturated heterocycles. The molecule has 1 unspecified atom stereocenters. The molecule has 0 saturated carbocycles. The van der Waals surface area contributed by atoms with Crippen LogP contribution in [0.2, 0.25) is 0 Å². The molecule has 3 amide bonds. The lowest BCUT2D eigenvalue weighted by Gasteiger charge is -2.30. The third-order valence-electron chi connectivity index (χ3n) is 2.57. The van der Waals surface area contributed by atoms with E-state index in [2.05, 4.69) is 5.32 Å². The molecule has 1 aliphatic heterocycles. The number of urea groups is 1. The van der Waals surface area contributed by atoms with Crippen molar-refractivity contribution in [2.45, 2.75) is 13.8 Å². The van der Waals surface area contributed by atoms with Gasteiger partial charge in [0, 0.05) is 18.8 Å². The van der Waals surface area contributed by atoms with Crippen molar-refractivity contribution < 1.29 is 18.0 Å². The van der Waals surface area contributed by atoms with Gasteiger partial charge in [-0.15, -0.1) is 0 Å². The minimum absolute atomic E-state index is 0.0577. The van der Waals surface area contributed by atoms with E-state index in [4.69, 9.17) is 0 Å². The molecule has 0 radical (unpaired) electrons. The molecule has 0 aromatic heterocycles. The van der Waals surface area contributed by atoms with E-state index < -0.39 is 15.9 Å². The number of nitrogens with one attached hydrogen (secondary N) is 1. The van der Waals surface area contributed by atoms with E-state index in [-0.39, 0.29) is 36.4 Å². The zero-order valence-corrected chi connectivity index (χ0v) is 10.2. The Kier molecular flexibility index (Phi) is 3.90. The first-order valence-corrected chi connectivity index (χ1v) is 6.98. The Hall–Kier alpha value is -1.11. The smallest absolute Gasteiger partial charge is 0.323 e. The second kappa shape index (κ2) is 4.82. The first-order chi connectivity index (χ1) is 7.35. The highest BCUT2D eigenvalue weighted by atomic mass is 32.2. The first-order valence-electron chi connectivity index (χ1n) is 5.16. The van der Waals surface area contributed by atoms with Crippen LogP contribution in [-0.4, -0.2) is 49.9 Å². The highest BCUT2D eigenvalue weighted by Gasteiger charge is 2.29. The molecule has 1 atom stereocenters. The number of carbonyl (C=O) groups is 2. The van der Waals surface area contributed by atoms with Crippen LogP contribution in [0.25, 0.3) is 0 Å². The van der Waals surface area contributed by atoms with E-state index in [1.165, 1.54) is 4.90 Å². The predicted molar refractivity (Wildman–Crippen MR) is 58.6 cm³/mol. The fraction of sp³-hybridized carbons (Fsp3) is 0.778. The van der Waals surface area contributed by atoms with E-state index in [0.717, 1.165) is 0 Å². The van der Waals surface area contributed by atoms with Gasteiger partial charge in [0.05, 0.1) is 11.7 Å². The highest BCUT2D eigenvalue weighted by Crippen LogP contribution is 2.07. The Balaban J connectivity index is 2.55. The summed E-state index contributed by atoms with van der Waals surface area (Å²) in [5.74, 6) is -0.587. The molecule has 0 spiro atoms. The van der Waals surface area contributed by atoms with Gasteiger partial charge in [-0.3, -0.25) is 10.1 Å². The molecule has 1 heterocycles. The van der Waals surface area contributed by atoms with Gasteiger partial charge in [-0.2, -0.15) is 0 Å². The molecule has 0 aliphatic carbocycles. The van der Waals surface area contributed by atoms with E-state index in [1.807, 2.05) is 0 Å². The Morgan fingerprint density at radius 2 is 2.06 bits per heavy atom. The fourth-order valence-corrected chi connectivity index (χ4v) is 2.18. The van der Waals surface area contributed by atoms with Crippen LogP contribution in [0.4, 0.5) is 4.79 Å². The first kappa shape index (κ1) is 13.0. The summed E-state index contributed by atoms with van der Waals surface area (Å²) in [5, 5.41) is 2.19. The quantitative estimate of drug-likeness (QED) is 0.734. The summed E-state index contributed by atoms with van der Waals surface area (Å²) in [5.41, 5.74) is 0. The summed E-state index contributed by atoms with van der Waals surface area (Å²) < 4.78 is 22.5. The molecule has 92 valence electrons. The molecule has 1 aliphatic rings. The largest absolute Gasteiger partial charge is 0.324 e. The van der Waals surface area contributed by atoms with Gasteiger partial charge in [0.2, 0.25) is 5.91 Å². The molecular weight excluding hydrogens is 232 g/mol. The zero-order chi connectivity index (χ0) is 12.3. The minimum Gasteiger partial charge on any atom is -0.323 e. The number of hydrogen-bond donors (Lipinski definition) is 1. The summed E-state index contributed by atoms with van der Waals surface area (Å²) in [4.78, 5) is 23.8. The van der Waals surface area contributed by atoms with Crippen LogP contribution in [0, 0.1) is 5.92 Å². The number of carbonyl (C=O) groups excluding carboxylic acids is 2. The standard InChI is InChI=1S/C9H16N2O4S/c1-3-16(14,15)5-4-11-6-7(2)8(12)10-9(11)13/h7H,3-6H2,1-2H3,(H,10,12,13). The molecule has 6 nitrogen and oxygen atoms in total. The number of sulfone groups is 1. The van der Waals surface area contributed by atoms with Crippen LogP contribution < -0.4 is 5.32 Å². The average molecular weight is 248 g/mol. The van der Waals surface area contributed by atoms with Gasteiger partial charge in [0.1, 0.15) is 0 Å². The lowest BCUT2D eigenvalue weighted by atomic mass is 10.1.